The third-order valence-electron chi connectivity index (χ3n) is 0.622. The van der Waals surface area contributed by atoms with Crippen LogP contribution in [0.1, 0.15) is 5.82 Å². The number of hydrogen-bond acceptors (Lipinski definition) is 3. The zero-order valence-electron chi connectivity index (χ0n) is 4.31. The first-order valence-corrected chi connectivity index (χ1v) is 1.98. The van der Waals surface area contributed by atoms with Gasteiger partial charge in [-0.2, -0.15) is 0 Å². The van der Waals surface area contributed by atoms with E-state index < -0.39 is 0 Å². The van der Waals surface area contributed by atoms with E-state index in [0.717, 1.165) is 5.82 Å². The van der Waals surface area contributed by atoms with E-state index in [9.17, 15) is 0 Å². The molecule has 0 aromatic carbocycles. The van der Waals surface area contributed by atoms with Crippen molar-refractivity contribution < 1.29 is 20.4 Å². The van der Waals surface area contributed by atoms with Gasteiger partial charge in [-0.05, 0) is 6.92 Å². The van der Waals surface area contributed by atoms with Gasteiger partial charge in [-0.3, -0.25) is 0 Å². The topological polar surface area (TPSA) is 38.7 Å². The summed E-state index contributed by atoms with van der Waals surface area (Å²) in [6.45, 7) is 1.82. The van der Waals surface area contributed by atoms with Crippen molar-refractivity contribution in [1.82, 2.24) is 15.0 Å². The Balaban J connectivity index is 0.000000490. The van der Waals surface area contributed by atoms with Crippen molar-refractivity contribution in [3.63, 3.8) is 0 Å². The number of rotatable bonds is 0. The van der Waals surface area contributed by atoms with Crippen molar-refractivity contribution in [1.29, 1.82) is 0 Å². The molecular formula is C4H5N3Pd. The van der Waals surface area contributed by atoms with Crippen LogP contribution >= 0.6 is 0 Å². The summed E-state index contributed by atoms with van der Waals surface area (Å²) in [6, 6.07) is 0. The van der Waals surface area contributed by atoms with Crippen LogP contribution in [-0.2, 0) is 20.4 Å². The number of aryl methyl sites for hydroxylation is 1. The molecular weight excluding hydrogens is 196 g/mol. The molecule has 3 nitrogen and oxygen atoms in total. The van der Waals surface area contributed by atoms with Crippen molar-refractivity contribution >= 4 is 0 Å². The van der Waals surface area contributed by atoms with Crippen LogP contribution in [-0.4, -0.2) is 15.0 Å². The van der Waals surface area contributed by atoms with Crippen LogP contribution in [0, 0.1) is 6.92 Å². The minimum absolute atomic E-state index is 0. The van der Waals surface area contributed by atoms with Crippen LogP contribution in [0.3, 0.4) is 0 Å². The van der Waals surface area contributed by atoms with Gasteiger partial charge in [0.15, 0.2) is 0 Å². The van der Waals surface area contributed by atoms with E-state index in [-0.39, 0.29) is 20.4 Å². The maximum absolute atomic E-state index is 3.76. The van der Waals surface area contributed by atoms with E-state index in [1.165, 1.54) is 12.7 Å². The molecule has 1 heterocycles. The van der Waals surface area contributed by atoms with E-state index in [1.54, 1.807) is 0 Å². The molecule has 1 aromatic rings. The predicted octanol–water partition coefficient (Wildman–Crippen LogP) is 0.178. The number of nitrogens with zero attached hydrogens (tertiary/aromatic N) is 3. The quantitative estimate of drug-likeness (QED) is 0.562. The van der Waals surface area contributed by atoms with Gasteiger partial charge in [0.2, 0.25) is 0 Å². The van der Waals surface area contributed by atoms with Gasteiger partial charge in [0.1, 0.15) is 18.5 Å². The molecule has 0 aliphatic rings. The van der Waals surface area contributed by atoms with Crippen LogP contribution in [0.2, 0.25) is 0 Å². The van der Waals surface area contributed by atoms with E-state index in [0.29, 0.717) is 0 Å². The SMILES string of the molecule is Cc1ncncn1.[Pd]. The van der Waals surface area contributed by atoms with Crippen molar-refractivity contribution in [3.05, 3.63) is 18.5 Å². The number of aromatic nitrogens is 3. The second kappa shape index (κ2) is 3.65. The van der Waals surface area contributed by atoms with Gasteiger partial charge in [-0.15, -0.1) is 0 Å². The molecule has 0 spiro atoms. The van der Waals surface area contributed by atoms with Crippen LogP contribution in [0.5, 0.6) is 0 Å². The molecule has 0 fully saturated rings. The second-order valence-electron chi connectivity index (χ2n) is 1.19. The molecule has 46 valence electrons. The summed E-state index contributed by atoms with van der Waals surface area (Å²) in [5.41, 5.74) is 0. The summed E-state index contributed by atoms with van der Waals surface area (Å²) in [4.78, 5) is 11.1. The monoisotopic (exact) mass is 201 g/mol. The minimum atomic E-state index is 0. The van der Waals surface area contributed by atoms with Gasteiger partial charge in [0, 0.05) is 20.4 Å². The van der Waals surface area contributed by atoms with Crippen LogP contribution in [0.25, 0.3) is 0 Å². The summed E-state index contributed by atoms with van der Waals surface area (Å²) < 4.78 is 0. The number of hydrogen-bond donors (Lipinski definition) is 0. The molecule has 0 aliphatic carbocycles. The Morgan fingerprint density at radius 1 is 1.25 bits per heavy atom. The first-order valence-electron chi connectivity index (χ1n) is 1.98. The average Bonchev–Trinajstić information content (AvgIpc) is 1.69. The Hall–Kier alpha value is -0.328. The molecule has 8 heavy (non-hydrogen) atoms. The molecule has 0 aliphatic heterocycles. The molecule has 4 heteroatoms. The van der Waals surface area contributed by atoms with Gasteiger partial charge in [-0.1, -0.05) is 0 Å². The van der Waals surface area contributed by atoms with Crippen molar-refractivity contribution in [2.75, 3.05) is 0 Å². The third kappa shape index (κ3) is 2.10. The maximum Gasteiger partial charge on any atom is 0.128 e. The van der Waals surface area contributed by atoms with E-state index in [2.05, 4.69) is 15.0 Å². The molecule has 0 unspecified atom stereocenters. The van der Waals surface area contributed by atoms with Gasteiger partial charge in [0.25, 0.3) is 0 Å². The molecule has 1 rings (SSSR count). The van der Waals surface area contributed by atoms with Gasteiger partial charge in [0.05, 0.1) is 0 Å². The van der Waals surface area contributed by atoms with Crippen LogP contribution in [0.4, 0.5) is 0 Å². The van der Waals surface area contributed by atoms with Gasteiger partial charge < -0.3 is 0 Å². The van der Waals surface area contributed by atoms with Crippen LogP contribution < -0.4 is 0 Å². The Labute approximate surface area is 61.2 Å². The van der Waals surface area contributed by atoms with E-state index >= 15 is 0 Å². The normalized spacial score (nSPS) is 7.62. The fourth-order valence-corrected chi connectivity index (χ4v) is 0.297. The third-order valence-corrected chi connectivity index (χ3v) is 0.622. The fraction of sp³-hybridized carbons (Fsp3) is 0.250. The van der Waals surface area contributed by atoms with Crippen molar-refractivity contribution in [3.8, 4) is 0 Å². The first kappa shape index (κ1) is 7.67. The molecule has 0 radical (unpaired) electrons. The Bertz CT molecular complexity index is 141. The fourth-order valence-electron chi connectivity index (χ4n) is 0.297. The zero-order chi connectivity index (χ0) is 5.11. The Kier molecular flexibility index (Phi) is 3.50. The molecule has 0 bridgehead atoms. The second-order valence-corrected chi connectivity index (χ2v) is 1.19. The molecule has 0 N–H and O–H groups in total. The summed E-state index contributed by atoms with van der Waals surface area (Å²) in [6.07, 6.45) is 2.95. The predicted molar refractivity (Wildman–Crippen MR) is 24.6 cm³/mol. The Morgan fingerprint density at radius 3 is 2.00 bits per heavy atom. The minimum Gasteiger partial charge on any atom is -0.225 e. The van der Waals surface area contributed by atoms with E-state index in [1.807, 2.05) is 6.92 Å². The zero-order valence-corrected chi connectivity index (χ0v) is 5.87. The summed E-state index contributed by atoms with van der Waals surface area (Å²) in [5.74, 6) is 0.759. The smallest absolute Gasteiger partial charge is 0.128 e. The van der Waals surface area contributed by atoms with Crippen molar-refractivity contribution in [2.45, 2.75) is 6.92 Å². The molecule has 0 saturated carbocycles. The standard InChI is InChI=1S/C4H5N3.Pd/c1-4-6-2-5-3-7-4;/h2-3H,1H3;. The van der Waals surface area contributed by atoms with Crippen LogP contribution in [0.15, 0.2) is 12.7 Å². The summed E-state index contributed by atoms with van der Waals surface area (Å²) in [7, 11) is 0. The summed E-state index contributed by atoms with van der Waals surface area (Å²) in [5, 5.41) is 0. The maximum atomic E-state index is 3.76. The summed E-state index contributed by atoms with van der Waals surface area (Å²) >= 11 is 0. The van der Waals surface area contributed by atoms with Gasteiger partial charge >= 0.3 is 0 Å². The largest absolute Gasteiger partial charge is 0.225 e. The molecule has 0 atom stereocenters. The molecule has 0 saturated heterocycles. The van der Waals surface area contributed by atoms with Crippen molar-refractivity contribution in [2.24, 2.45) is 0 Å². The first-order chi connectivity index (χ1) is 3.39. The van der Waals surface area contributed by atoms with Gasteiger partial charge in [-0.25, -0.2) is 15.0 Å². The molecule has 0 amide bonds. The average molecular weight is 202 g/mol. The molecule has 1 aromatic heterocycles. The van der Waals surface area contributed by atoms with E-state index in [4.69, 9.17) is 0 Å². The Morgan fingerprint density at radius 2 is 1.75 bits per heavy atom.